The van der Waals surface area contributed by atoms with E-state index in [1.807, 2.05) is 0 Å². The standard InChI is InChI=1S/C8H5Br2F2NO2/c1-15-8(14)6-5(7(11)12)3(9)2-4(10)13-6/h2,7H,1H3. The molecular weight excluding hydrogens is 340 g/mol. The highest BCUT2D eigenvalue weighted by Gasteiger charge is 2.24. The number of pyridine rings is 1. The smallest absolute Gasteiger partial charge is 0.357 e. The molecule has 0 aliphatic carbocycles. The summed E-state index contributed by atoms with van der Waals surface area (Å²) in [6.07, 6.45) is -2.80. The highest BCUT2D eigenvalue weighted by Crippen LogP contribution is 2.31. The molecule has 0 atom stereocenters. The lowest BCUT2D eigenvalue weighted by atomic mass is 10.2. The molecule has 1 aromatic rings. The third-order valence-corrected chi connectivity index (χ3v) is 2.64. The number of ether oxygens (including phenoxy) is 1. The SMILES string of the molecule is COC(=O)c1nc(Br)cc(Br)c1C(F)F. The predicted molar refractivity (Wildman–Crippen MR) is 55.9 cm³/mol. The average Bonchev–Trinajstić information content (AvgIpc) is 2.14. The van der Waals surface area contributed by atoms with Crippen LogP contribution in [0.25, 0.3) is 0 Å². The Bertz CT molecular complexity index is 398. The fraction of sp³-hybridized carbons (Fsp3) is 0.250. The van der Waals surface area contributed by atoms with E-state index in [-0.39, 0.29) is 9.08 Å². The molecule has 0 radical (unpaired) electrons. The van der Waals surface area contributed by atoms with Crippen LogP contribution in [-0.4, -0.2) is 18.1 Å². The lowest BCUT2D eigenvalue weighted by Crippen LogP contribution is -2.10. The number of methoxy groups -OCH3 is 1. The highest BCUT2D eigenvalue weighted by molar-refractivity contribution is 9.11. The van der Waals surface area contributed by atoms with Gasteiger partial charge in [-0.1, -0.05) is 15.9 Å². The van der Waals surface area contributed by atoms with Crippen molar-refractivity contribution in [3.05, 3.63) is 26.4 Å². The topological polar surface area (TPSA) is 39.2 Å². The second-order valence-electron chi connectivity index (χ2n) is 2.48. The Morgan fingerprint density at radius 3 is 2.60 bits per heavy atom. The first kappa shape index (κ1) is 12.5. The number of aromatic nitrogens is 1. The minimum absolute atomic E-state index is 0.111. The maximum atomic E-state index is 12.6. The summed E-state index contributed by atoms with van der Waals surface area (Å²) in [5, 5.41) is 0. The first-order valence-electron chi connectivity index (χ1n) is 3.69. The molecule has 3 nitrogen and oxygen atoms in total. The van der Waals surface area contributed by atoms with Crippen molar-refractivity contribution >= 4 is 37.8 Å². The van der Waals surface area contributed by atoms with Crippen LogP contribution >= 0.6 is 31.9 Å². The van der Waals surface area contributed by atoms with Crippen LogP contribution in [0.1, 0.15) is 22.5 Å². The van der Waals surface area contributed by atoms with E-state index in [9.17, 15) is 13.6 Å². The minimum atomic E-state index is -2.80. The zero-order chi connectivity index (χ0) is 11.6. The molecule has 0 aliphatic heterocycles. The number of hydrogen-bond acceptors (Lipinski definition) is 3. The normalized spacial score (nSPS) is 10.5. The summed E-state index contributed by atoms with van der Waals surface area (Å²) < 4.78 is 30.0. The molecule has 1 rings (SSSR count). The van der Waals surface area contributed by atoms with Crippen LogP contribution in [0.2, 0.25) is 0 Å². The first-order chi connectivity index (χ1) is 6.97. The van der Waals surface area contributed by atoms with Crippen molar-refractivity contribution in [2.24, 2.45) is 0 Å². The lowest BCUT2D eigenvalue weighted by Gasteiger charge is -2.08. The zero-order valence-electron chi connectivity index (χ0n) is 7.43. The maximum Gasteiger partial charge on any atom is 0.357 e. The van der Waals surface area contributed by atoms with Crippen molar-refractivity contribution in [2.45, 2.75) is 6.43 Å². The second kappa shape index (κ2) is 4.98. The molecule has 0 saturated heterocycles. The summed E-state index contributed by atoms with van der Waals surface area (Å²) in [6.45, 7) is 0. The van der Waals surface area contributed by atoms with Gasteiger partial charge in [-0.25, -0.2) is 18.6 Å². The molecule has 0 N–H and O–H groups in total. The van der Waals surface area contributed by atoms with Crippen LogP contribution in [0.4, 0.5) is 8.78 Å². The van der Waals surface area contributed by atoms with Gasteiger partial charge in [0.2, 0.25) is 0 Å². The number of rotatable bonds is 2. The molecule has 82 valence electrons. The van der Waals surface area contributed by atoms with E-state index in [0.29, 0.717) is 0 Å². The molecule has 0 saturated carbocycles. The molecule has 0 aliphatic rings. The van der Waals surface area contributed by atoms with E-state index in [0.717, 1.165) is 7.11 Å². The summed E-state index contributed by atoms with van der Waals surface area (Å²) in [6, 6.07) is 1.34. The summed E-state index contributed by atoms with van der Waals surface area (Å²) >= 11 is 5.94. The molecule has 7 heteroatoms. The molecule has 0 spiro atoms. The Hall–Kier alpha value is -0.560. The van der Waals surface area contributed by atoms with Gasteiger partial charge in [-0.15, -0.1) is 0 Å². The van der Waals surface area contributed by atoms with Crippen molar-refractivity contribution in [3.63, 3.8) is 0 Å². The largest absolute Gasteiger partial charge is 0.464 e. The van der Waals surface area contributed by atoms with Crippen LogP contribution in [0.15, 0.2) is 15.1 Å². The van der Waals surface area contributed by atoms with E-state index >= 15 is 0 Å². The van der Waals surface area contributed by atoms with Gasteiger partial charge in [-0.2, -0.15) is 0 Å². The molecule has 0 fully saturated rings. The predicted octanol–water partition coefficient (Wildman–Crippen LogP) is 3.33. The molecule has 0 aromatic carbocycles. The summed E-state index contributed by atoms with van der Waals surface area (Å²) in [5.41, 5.74) is -0.862. The van der Waals surface area contributed by atoms with Crippen LogP contribution < -0.4 is 0 Å². The Morgan fingerprint density at radius 2 is 2.13 bits per heavy atom. The number of alkyl halides is 2. The van der Waals surface area contributed by atoms with E-state index in [1.54, 1.807) is 0 Å². The van der Waals surface area contributed by atoms with Gasteiger partial charge < -0.3 is 4.74 Å². The fourth-order valence-corrected chi connectivity index (χ4v) is 2.25. The van der Waals surface area contributed by atoms with Gasteiger partial charge in [0.15, 0.2) is 5.69 Å². The number of carbonyl (C=O) groups is 1. The third-order valence-electron chi connectivity index (χ3n) is 1.57. The van der Waals surface area contributed by atoms with Gasteiger partial charge in [0, 0.05) is 4.47 Å². The summed E-state index contributed by atoms with van der Waals surface area (Å²) in [4.78, 5) is 14.8. The van der Waals surface area contributed by atoms with Gasteiger partial charge in [-0.3, -0.25) is 0 Å². The van der Waals surface area contributed by atoms with Gasteiger partial charge in [-0.05, 0) is 22.0 Å². The Morgan fingerprint density at radius 1 is 1.53 bits per heavy atom. The Balaban J connectivity index is 3.40. The Kier molecular flexibility index (Phi) is 4.15. The van der Waals surface area contributed by atoms with Gasteiger partial charge in [0.25, 0.3) is 6.43 Å². The Labute approximate surface area is 101 Å². The highest BCUT2D eigenvalue weighted by atomic mass is 79.9. The van der Waals surface area contributed by atoms with E-state index in [1.165, 1.54) is 6.07 Å². The van der Waals surface area contributed by atoms with Gasteiger partial charge in [0.05, 0.1) is 12.7 Å². The molecule has 1 heterocycles. The van der Waals surface area contributed by atoms with Crippen molar-refractivity contribution in [2.75, 3.05) is 7.11 Å². The molecule has 0 unspecified atom stereocenters. The summed E-state index contributed by atoms with van der Waals surface area (Å²) in [5.74, 6) is -0.896. The first-order valence-corrected chi connectivity index (χ1v) is 5.28. The minimum Gasteiger partial charge on any atom is -0.464 e. The molecule has 1 aromatic heterocycles. The van der Waals surface area contributed by atoms with Crippen molar-refractivity contribution in [1.82, 2.24) is 4.98 Å². The summed E-state index contributed by atoms with van der Waals surface area (Å²) in [7, 11) is 1.11. The second-order valence-corrected chi connectivity index (χ2v) is 4.15. The quantitative estimate of drug-likeness (QED) is 0.610. The third kappa shape index (κ3) is 2.72. The van der Waals surface area contributed by atoms with Crippen LogP contribution in [0, 0.1) is 0 Å². The van der Waals surface area contributed by atoms with Gasteiger partial charge in [0.1, 0.15) is 4.60 Å². The number of esters is 1. The molecule has 0 amide bonds. The van der Waals surface area contributed by atoms with Crippen molar-refractivity contribution in [1.29, 1.82) is 0 Å². The van der Waals surface area contributed by atoms with Gasteiger partial charge >= 0.3 is 5.97 Å². The number of carbonyl (C=O) groups excluding carboxylic acids is 1. The van der Waals surface area contributed by atoms with E-state index in [2.05, 4.69) is 41.6 Å². The maximum absolute atomic E-state index is 12.6. The van der Waals surface area contributed by atoms with Crippen LogP contribution in [0.5, 0.6) is 0 Å². The van der Waals surface area contributed by atoms with Crippen LogP contribution in [-0.2, 0) is 4.74 Å². The number of nitrogens with zero attached hydrogens (tertiary/aromatic N) is 1. The van der Waals surface area contributed by atoms with Crippen molar-refractivity contribution < 1.29 is 18.3 Å². The molecule has 15 heavy (non-hydrogen) atoms. The van der Waals surface area contributed by atoms with E-state index in [4.69, 9.17) is 0 Å². The number of hydrogen-bond donors (Lipinski definition) is 0. The molecular formula is C8H5Br2F2NO2. The average molecular weight is 345 g/mol. The zero-order valence-corrected chi connectivity index (χ0v) is 10.6. The van der Waals surface area contributed by atoms with Crippen LogP contribution in [0.3, 0.4) is 0 Å². The lowest BCUT2D eigenvalue weighted by molar-refractivity contribution is 0.0581. The molecule has 0 bridgehead atoms. The monoisotopic (exact) mass is 343 g/mol. The fourth-order valence-electron chi connectivity index (χ4n) is 0.955. The van der Waals surface area contributed by atoms with E-state index < -0.39 is 23.7 Å². The number of halogens is 4. The van der Waals surface area contributed by atoms with Crippen molar-refractivity contribution in [3.8, 4) is 0 Å².